The van der Waals surface area contributed by atoms with E-state index in [1.807, 2.05) is 0 Å². The fourth-order valence-electron chi connectivity index (χ4n) is 11.4. The molecule has 2 fully saturated rings. The third-order valence-electron chi connectivity index (χ3n) is 13.6. The molecule has 0 unspecified atom stereocenters. The molecular weight excluding hydrogens is 591 g/mol. The Balaban J connectivity index is 1.24. The van der Waals surface area contributed by atoms with Gasteiger partial charge in [-0.3, -0.25) is 0 Å². The van der Waals surface area contributed by atoms with Gasteiger partial charge in [-0.2, -0.15) is 0 Å². The van der Waals surface area contributed by atoms with E-state index in [2.05, 4.69) is 110 Å². The van der Waals surface area contributed by atoms with Crippen molar-refractivity contribution in [3.8, 4) is 11.4 Å². The highest BCUT2D eigenvalue weighted by Gasteiger charge is 2.42. The molecule has 11 rings (SSSR count). The van der Waals surface area contributed by atoms with E-state index in [1.165, 1.54) is 158 Å². The maximum absolute atomic E-state index is 2.68. The van der Waals surface area contributed by atoms with E-state index >= 15 is 0 Å². The maximum Gasteiger partial charge on any atom is 0.252 e. The highest BCUT2D eigenvalue weighted by molar-refractivity contribution is 7.00. The van der Waals surface area contributed by atoms with Gasteiger partial charge in [0.2, 0.25) is 0 Å². The van der Waals surface area contributed by atoms with Gasteiger partial charge in [0.05, 0.1) is 11.0 Å². The molecule has 0 atom stereocenters. The van der Waals surface area contributed by atoms with Gasteiger partial charge in [0, 0.05) is 44.0 Å². The minimum atomic E-state index is 0.209. The van der Waals surface area contributed by atoms with Crippen molar-refractivity contribution < 1.29 is 0 Å². The second-order valence-corrected chi connectivity index (χ2v) is 16.8. The van der Waals surface area contributed by atoms with Gasteiger partial charge >= 0.3 is 0 Å². The average Bonchev–Trinajstić information content (AvgIpc) is 3.47. The van der Waals surface area contributed by atoms with Crippen molar-refractivity contribution in [1.82, 2.24) is 9.13 Å². The number of fused-ring (bicyclic) bond motifs is 10. The summed E-state index contributed by atoms with van der Waals surface area (Å²) in [5, 5.41) is 5.59. The highest BCUT2D eigenvalue weighted by Crippen LogP contribution is 2.51. The van der Waals surface area contributed by atoms with Crippen LogP contribution in [-0.2, 0) is 0 Å². The highest BCUT2D eigenvalue weighted by atomic mass is 15.0. The van der Waals surface area contributed by atoms with Crippen LogP contribution in [0.2, 0.25) is 0 Å². The average molecular weight is 637 g/mol. The molecule has 7 aromatic rings. The number of hydrogen-bond acceptors (Lipinski definition) is 0. The smallest absolute Gasteiger partial charge is 0.252 e. The van der Waals surface area contributed by atoms with Gasteiger partial charge in [-0.15, -0.1) is 0 Å². The summed E-state index contributed by atoms with van der Waals surface area (Å²) in [5.74, 6) is 0.617. The van der Waals surface area contributed by atoms with Gasteiger partial charge < -0.3 is 9.13 Å². The Kier molecular flexibility index (Phi) is 5.80. The van der Waals surface area contributed by atoms with Crippen molar-refractivity contribution in [3.63, 3.8) is 0 Å². The van der Waals surface area contributed by atoms with Crippen LogP contribution in [0.4, 0.5) is 0 Å². The minimum Gasteiger partial charge on any atom is -0.310 e. The summed E-state index contributed by atoms with van der Waals surface area (Å²) in [6.45, 7) is 9.29. The third kappa shape index (κ3) is 3.85. The topological polar surface area (TPSA) is 9.86 Å². The van der Waals surface area contributed by atoms with Crippen molar-refractivity contribution >= 4 is 66.7 Å². The lowest BCUT2D eigenvalue weighted by Crippen LogP contribution is -2.59. The summed E-state index contributed by atoms with van der Waals surface area (Å²) in [6.07, 6.45) is 14.2. The van der Waals surface area contributed by atoms with Crippen LogP contribution in [0.5, 0.6) is 0 Å². The molecular formula is C46H45BN2. The number of hydrogen-bond donors (Lipinski definition) is 0. The monoisotopic (exact) mass is 636 g/mol. The van der Waals surface area contributed by atoms with Gasteiger partial charge in [-0.25, -0.2) is 0 Å². The van der Waals surface area contributed by atoms with E-state index in [4.69, 9.17) is 0 Å². The minimum absolute atomic E-state index is 0.209. The summed E-state index contributed by atoms with van der Waals surface area (Å²) >= 11 is 0. The number of aryl methyl sites for hydroxylation is 4. The fraction of sp³-hybridized carbons (Fsp3) is 0.348. The molecule has 3 heteroatoms. The van der Waals surface area contributed by atoms with E-state index in [1.54, 1.807) is 5.56 Å². The van der Waals surface area contributed by atoms with Crippen molar-refractivity contribution in [2.75, 3.05) is 0 Å². The second kappa shape index (κ2) is 9.93. The third-order valence-corrected chi connectivity index (χ3v) is 13.6. The molecule has 0 amide bonds. The number of nitrogens with zero attached hydrogens (tertiary/aromatic N) is 2. The van der Waals surface area contributed by atoms with Crippen LogP contribution in [-0.4, -0.2) is 15.8 Å². The molecule has 2 nitrogen and oxygen atoms in total. The summed E-state index contributed by atoms with van der Waals surface area (Å²) in [5.41, 5.74) is 20.3. The predicted molar refractivity (Wildman–Crippen MR) is 210 cm³/mol. The zero-order chi connectivity index (χ0) is 32.8. The Morgan fingerprint density at radius 3 is 1.53 bits per heavy atom. The lowest BCUT2D eigenvalue weighted by atomic mass is 9.34. The Morgan fingerprint density at radius 2 is 1.02 bits per heavy atom. The van der Waals surface area contributed by atoms with Crippen LogP contribution in [0.3, 0.4) is 0 Å². The van der Waals surface area contributed by atoms with E-state index in [0.29, 0.717) is 11.3 Å². The Bertz CT molecular complexity index is 2400. The lowest BCUT2D eigenvalue weighted by Gasteiger charge is -2.41. The molecule has 4 heterocycles. The lowest BCUT2D eigenvalue weighted by molar-refractivity contribution is 0.148. The molecule has 0 radical (unpaired) electrons. The van der Waals surface area contributed by atoms with Crippen LogP contribution < -0.4 is 16.4 Å². The normalized spacial score (nSPS) is 18.2. The molecule has 2 aliphatic carbocycles. The van der Waals surface area contributed by atoms with Crippen molar-refractivity contribution in [2.24, 2.45) is 5.41 Å². The van der Waals surface area contributed by atoms with Crippen LogP contribution in [0.1, 0.15) is 97.9 Å². The van der Waals surface area contributed by atoms with Crippen LogP contribution in [0.15, 0.2) is 72.8 Å². The Morgan fingerprint density at radius 1 is 0.531 bits per heavy atom. The second-order valence-electron chi connectivity index (χ2n) is 16.8. The van der Waals surface area contributed by atoms with Crippen LogP contribution >= 0.6 is 0 Å². The van der Waals surface area contributed by atoms with E-state index in [0.717, 1.165) is 0 Å². The molecule has 2 saturated carbocycles. The summed E-state index contributed by atoms with van der Waals surface area (Å²) in [6, 6.07) is 29.5. The first-order valence-electron chi connectivity index (χ1n) is 19.2. The van der Waals surface area contributed by atoms with Gasteiger partial charge in [-0.1, -0.05) is 72.2 Å². The van der Waals surface area contributed by atoms with Gasteiger partial charge in [0.1, 0.15) is 0 Å². The number of aromatic nitrogens is 2. The quantitative estimate of drug-likeness (QED) is 0.159. The van der Waals surface area contributed by atoms with Crippen molar-refractivity contribution in [1.29, 1.82) is 0 Å². The van der Waals surface area contributed by atoms with E-state index in [9.17, 15) is 0 Å². The van der Waals surface area contributed by atoms with E-state index < -0.39 is 0 Å². The largest absolute Gasteiger partial charge is 0.310 e. The first kappa shape index (κ1) is 28.6. The van der Waals surface area contributed by atoms with Crippen molar-refractivity contribution in [3.05, 3.63) is 101 Å². The first-order chi connectivity index (χ1) is 23.9. The molecule has 0 saturated heterocycles. The van der Waals surface area contributed by atoms with E-state index in [-0.39, 0.29) is 6.71 Å². The van der Waals surface area contributed by atoms with Crippen LogP contribution in [0.25, 0.3) is 55.0 Å². The Hall–Kier alpha value is -4.24. The fourth-order valence-corrected chi connectivity index (χ4v) is 11.4. The zero-order valence-electron chi connectivity index (χ0n) is 29.5. The van der Waals surface area contributed by atoms with Crippen molar-refractivity contribution in [2.45, 2.75) is 97.8 Å². The number of benzene rings is 5. The van der Waals surface area contributed by atoms with Crippen LogP contribution in [0, 0.1) is 33.1 Å². The van der Waals surface area contributed by atoms with Gasteiger partial charge in [-0.05, 0) is 148 Å². The van der Waals surface area contributed by atoms with Gasteiger partial charge in [0.15, 0.2) is 0 Å². The molecule has 5 aromatic carbocycles. The summed E-state index contributed by atoms with van der Waals surface area (Å²) in [7, 11) is 0. The molecule has 4 aliphatic rings. The molecule has 1 spiro atoms. The van der Waals surface area contributed by atoms with Gasteiger partial charge in [0.25, 0.3) is 6.71 Å². The standard InChI is InChI=1S/C46H45BN2/c1-27-9-11-39-33(19-27)35-21-29(3)23-37-44(35)48(39)41-25-32(31-13-17-46(18-14-31)15-7-5-6-8-16-46)26-42-43(41)47(37)38-24-30(4)22-36-34-20-28(2)10-12-40(34)49(42)45(36)38/h9-12,19-26,31H,5-8,13-18H2,1-4H3. The first-order valence-corrected chi connectivity index (χ1v) is 19.2. The summed E-state index contributed by atoms with van der Waals surface area (Å²) < 4.78 is 5.36. The molecule has 242 valence electrons. The predicted octanol–water partition coefficient (Wildman–Crippen LogP) is 10.3. The number of rotatable bonds is 1. The molecule has 2 aromatic heterocycles. The molecule has 2 aliphatic heterocycles. The Labute approximate surface area is 290 Å². The SMILES string of the molecule is Cc1ccc2c(c1)c1cc(C)cc3c1n2-c1cc(C2CCC4(CCCCCC4)CC2)cc2c1B3c1cc(C)cc3c4cc(C)ccc4n-2c13. The molecule has 49 heavy (non-hydrogen) atoms. The molecule has 0 N–H and O–H groups in total. The summed E-state index contributed by atoms with van der Waals surface area (Å²) in [4.78, 5) is 0. The molecule has 0 bridgehead atoms. The zero-order valence-corrected chi connectivity index (χ0v) is 29.5. The maximum atomic E-state index is 2.68.